The Morgan fingerprint density at radius 1 is 1.00 bits per heavy atom. The Kier molecular flexibility index (Phi) is 24.1. The lowest BCUT2D eigenvalue weighted by molar-refractivity contribution is -0.121. The standard InChI is InChI=1S/C7H14.C6H12O.2C2H6/c1-7-5-3-2-4-6-7;1-4-6(7)5(2)3;2*1-2/h7H,2-6H2,1H3;5H,4H2,1-3H3;2*1-2H3. The fraction of sp³-hybridized carbons (Fsp3) is 0.941. The monoisotopic (exact) mass is 258 g/mol. The maximum absolute atomic E-state index is 10.5. The summed E-state index contributed by atoms with van der Waals surface area (Å²) in [6.07, 6.45) is 8.12. The highest BCUT2D eigenvalue weighted by Gasteiger charge is 2.05. The second kappa shape index (κ2) is 19.0. The molecule has 0 heterocycles. The van der Waals surface area contributed by atoms with E-state index in [4.69, 9.17) is 0 Å². The van der Waals surface area contributed by atoms with Gasteiger partial charge >= 0.3 is 0 Å². The highest BCUT2D eigenvalue weighted by Crippen LogP contribution is 2.22. The third-order valence-electron chi connectivity index (χ3n) is 2.89. The number of rotatable bonds is 2. The number of ketones is 1. The van der Waals surface area contributed by atoms with E-state index in [1.165, 1.54) is 32.1 Å². The molecule has 1 saturated carbocycles. The molecule has 1 fully saturated rings. The fourth-order valence-electron chi connectivity index (χ4n) is 1.71. The van der Waals surface area contributed by atoms with Crippen molar-refractivity contribution in [2.45, 2.75) is 93.9 Å². The van der Waals surface area contributed by atoms with Gasteiger partial charge < -0.3 is 0 Å². The lowest BCUT2D eigenvalue weighted by Gasteiger charge is -2.15. The van der Waals surface area contributed by atoms with Gasteiger partial charge in [0.1, 0.15) is 5.78 Å². The van der Waals surface area contributed by atoms with Crippen molar-refractivity contribution in [3.63, 3.8) is 0 Å². The van der Waals surface area contributed by atoms with Gasteiger partial charge in [0, 0.05) is 12.3 Å². The first-order valence-corrected chi connectivity index (χ1v) is 8.10. The number of Topliss-reactive ketones (excluding diaryl/α,β-unsaturated/α-hetero) is 1. The first-order chi connectivity index (χ1) is 8.57. The zero-order valence-electron chi connectivity index (χ0n) is 14.3. The van der Waals surface area contributed by atoms with E-state index >= 15 is 0 Å². The van der Waals surface area contributed by atoms with E-state index in [1.54, 1.807) is 0 Å². The molecule has 0 atom stereocenters. The number of carbonyl (C=O) groups excluding carboxylic acids is 1. The van der Waals surface area contributed by atoms with Crippen LogP contribution in [-0.2, 0) is 4.79 Å². The van der Waals surface area contributed by atoms with E-state index in [-0.39, 0.29) is 5.92 Å². The molecule has 1 aliphatic rings. The van der Waals surface area contributed by atoms with Crippen LogP contribution in [0.1, 0.15) is 93.9 Å². The fourth-order valence-corrected chi connectivity index (χ4v) is 1.71. The van der Waals surface area contributed by atoms with Crippen molar-refractivity contribution in [1.82, 2.24) is 0 Å². The molecular weight excluding hydrogens is 220 g/mol. The van der Waals surface area contributed by atoms with Gasteiger partial charge in [0.25, 0.3) is 0 Å². The molecule has 0 unspecified atom stereocenters. The van der Waals surface area contributed by atoms with Crippen molar-refractivity contribution in [1.29, 1.82) is 0 Å². The molecule has 0 amide bonds. The van der Waals surface area contributed by atoms with Crippen molar-refractivity contribution in [2.24, 2.45) is 11.8 Å². The summed E-state index contributed by atoms with van der Waals surface area (Å²) in [5, 5.41) is 0. The van der Waals surface area contributed by atoms with Crippen LogP contribution >= 0.6 is 0 Å². The van der Waals surface area contributed by atoms with Gasteiger partial charge in [-0.25, -0.2) is 0 Å². The van der Waals surface area contributed by atoms with E-state index < -0.39 is 0 Å². The first kappa shape index (κ1) is 22.8. The lowest BCUT2D eigenvalue weighted by Crippen LogP contribution is -2.03. The average Bonchev–Trinajstić information content (AvgIpc) is 2.43. The smallest absolute Gasteiger partial charge is 0.135 e. The zero-order chi connectivity index (χ0) is 15.0. The molecule has 1 rings (SSSR count). The minimum Gasteiger partial charge on any atom is -0.299 e. The van der Waals surface area contributed by atoms with Crippen molar-refractivity contribution >= 4 is 5.78 Å². The quantitative estimate of drug-likeness (QED) is 0.571. The lowest BCUT2D eigenvalue weighted by atomic mass is 9.91. The highest BCUT2D eigenvalue weighted by atomic mass is 16.1. The molecule has 112 valence electrons. The molecule has 0 saturated heterocycles. The maximum atomic E-state index is 10.5. The molecule has 0 aromatic rings. The number of hydrogen-bond donors (Lipinski definition) is 0. The zero-order valence-corrected chi connectivity index (χ0v) is 14.3. The molecule has 0 aromatic carbocycles. The van der Waals surface area contributed by atoms with Crippen molar-refractivity contribution in [3.8, 4) is 0 Å². The van der Waals surface area contributed by atoms with Crippen LogP contribution in [0, 0.1) is 11.8 Å². The summed E-state index contributed by atoms with van der Waals surface area (Å²) in [6, 6.07) is 0. The van der Waals surface area contributed by atoms with Crippen LogP contribution in [0.15, 0.2) is 0 Å². The molecule has 0 N–H and O–H groups in total. The number of carbonyl (C=O) groups is 1. The van der Waals surface area contributed by atoms with E-state index in [2.05, 4.69) is 6.92 Å². The molecule has 1 nitrogen and oxygen atoms in total. The molecule has 1 aliphatic carbocycles. The van der Waals surface area contributed by atoms with Crippen LogP contribution in [0.3, 0.4) is 0 Å². The van der Waals surface area contributed by atoms with Crippen LogP contribution < -0.4 is 0 Å². The Balaban J connectivity index is -0.000000196. The van der Waals surface area contributed by atoms with Crippen molar-refractivity contribution in [2.75, 3.05) is 0 Å². The van der Waals surface area contributed by atoms with Crippen LogP contribution in [0.25, 0.3) is 0 Å². The summed E-state index contributed by atoms with van der Waals surface area (Å²) in [5.41, 5.74) is 0. The Bertz CT molecular complexity index is 144. The minimum absolute atomic E-state index is 0.227. The predicted molar refractivity (Wildman–Crippen MR) is 85.1 cm³/mol. The van der Waals surface area contributed by atoms with Gasteiger partial charge in [0.2, 0.25) is 0 Å². The Morgan fingerprint density at radius 2 is 1.39 bits per heavy atom. The predicted octanol–water partition coefficient (Wildman–Crippen LogP) is 6.26. The largest absolute Gasteiger partial charge is 0.299 e. The van der Waals surface area contributed by atoms with E-state index in [9.17, 15) is 4.79 Å². The van der Waals surface area contributed by atoms with Gasteiger partial charge in [0.15, 0.2) is 0 Å². The van der Waals surface area contributed by atoms with Gasteiger partial charge in [-0.15, -0.1) is 0 Å². The first-order valence-electron chi connectivity index (χ1n) is 8.10. The summed E-state index contributed by atoms with van der Waals surface area (Å²) in [7, 11) is 0. The van der Waals surface area contributed by atoms with E-state index in [0.29, 0.717) is 12.2 Å². The van der Waals surface area contributed by atoms with Crippen LogP contribution in [0.4, 0.5) is 0 Å². The summed E-state index contributed by atoms with van der Waals surface area (Å²) in [4.78, 5) is 10.5. The van der Waals surface area contributed by atoms with Crippen LogP contribution in [-0.4, -0.2) is 5.78 Å². The number of hydrogen-bond acceptors (Lipinski definition) is 1. The third kappa shape index (κ3) is 18.0. The van der Waals surface area contributed by atoms with Crippen LogP contribution in [0.2, 0.25) is 0 Å². The van der Waals surface area contributed by atoms with E-state index in [0.717, 1.165) is 5.92 Å². The van der Waals surface area contributed by atoms with Crippen LogP contribution in [0.5, 0.6) is 0 Å². The molecule has 0 aromatic heterocycles. The van der Waals surface area contributed by atoms with Gasteiger partial charge in [-0.1, -0.05) is 87.5 Å². The van der Waals surface area contributed by atoms with Gasteiger partial charge in [-0.05, 0) is 5.92 Å². The maximum Gasteiger partial charge on any atom is 0.135 e. The minimum atomic E-state index is 0.227. The SMILES string of the molecule is CC.CC.CC1CCCCC1.CCC(=O)C(C)C. The normalized spacial score (nSPS) is 14.3. The molecule has 0 bridgehead atoms. The summed E-state index contributed by atoms with van der Waals surface area (Å²) < 4.78 is 0. The summed E-state index contributed by atoms with van der Waals surface area (Å²) >= 11 is 0. The molecule has 1 heteroatoms. The summed E-state index contributed by atoms with van der Waals surface area (Å²) in [5.74, 6) is 1.61. The second-order valence-electron chi connectivity index (χ2n) is 4.72. The van der Waals surface area contributed by atoms with Gasteiger partial charge in [-0.2, -0.15) is 0 Å². The third-order valence-corrected chi connectivity index (χ3v) is 2.89. The molecule has 18 heavy (non-hydrogen) atoms. The molecule has 0 radical (unpaired) electrons. The molecule has 0 spiro atoms. The van der Waals surface area contributed by atoms with Gasteiger partial charge in [-0.3, -0.25) is 4.79 Å². The Labute approximate surface area is 117 Å². The second-order valence-corrected chi connectivity index (χ2v) is 4.72. The van der Waals surface area contributed by atoms with E-state index in [1.807, 2.05) is 48.5 Å². The van der Waals surface area contributed by atoms with Crippen molar-refractivity contribution < 1.29 is 4.79 Å². The van der Waals surface area contributed by atoms with Gasteiger partial charge in [0.05, 0.1) is 0 Å². The molecule has 0 aliphatic heterocycles. The van der Waals surface area contributed by atoms with Crippen molar-refractivity contribution in [3.05, 3.63) is 0 Å². The average molecular weight is 258 g/mol. The summed E-state index contributed by atoms with van der Waals surface area (Å²) in [6.45, 7) is 16.1. The Hall–Kier alpha value is -0.330. The topological polar surface area (TPSA) is 17.1 Å². The Morgan fingerprint density at radius 3 is 1.50 bits per heavy atom. The highest BCUT2D eigenvalue weighted by molar-refractivity contribution is 5.79. The molecular formula is C17H38O.